The number of ether oxygens (including phenoxy) is 1. The molecule has 98 valence electrons. The van der Waals surface area contributed by atoms with Gasteiger partial charge in [0.15, 0.2) is 0 Å². The molecular weight excluding hydrogens is 232 g/mol. The zero-order valence-corrected chi connectivity index (χ0v) is 10.5. The van der Waals surface area contributed by atoms with E-state index in [0.29, 0.717) is 6.04 Å². The molecule has 0 aromatic carbocycles. The lowest BCUT2D eigenvalue weighted by Gasteiger charge is -2.20. The van der Waals surface area contributed by atoms with Crippen LogP contribution in [0.15, 0.2) is 22.8 Å². The number of nitrogens with one attached hydrogen (secondary N) is 1. The van der Waals surface area contributed by atoms with Crippen LogP contribution in [-0.4, -0.2) is 43.2 Å². The van der Waals surface area contributed by atoms with E-state index in [0.717, 1.165) is 31.9 Å². The molecule has 1 aromatic heterocycles. The van der Waals surface area contributed by atoms with Gasteiger partial charge in [-0.25, -0.2) is 0 Å². The van der Waals surface area contributed by atoms with Crippen molar-refractivity contribution in [2.45, 2.75) is 25.1 Å². The van der Waals surface area contributed by atoms with Crippen molar-refractivity contribution in [3.05, 3.63) is 24.2 Å². The van der Waals surface area contributed by atoms with Gasteiger partial charge in [0.25, 0.3) is 0 Å². The maximum atomic E-state index is 11.9. The molecule has 1 N–H and O–H groups in total. The number of hydrogen-bond donors (Lipinski definition) is 1. The maximum absolute atomic E-state index is 11.9. The number of rotatable bonds is 3. The van der Waals surface area contributed by atoms with E-state index in [2.05, 4.69) is 10.2 Å². The summed E-state index contributed by atoms with van der Waals surface area (Å²) in [4.78, 5) is 14.2. The maximum Gasteiger partial charge on any atom is 0.226 e. The summed E-state index contributed by atoms with van der Waals surface area (Å²) < 4.78 is 11.1. The second kappa shape index (κ2) is 4.74. The van der Waals surface area contributed by atoms with Crippen LogP contribution >= 0.6 is 0 Å². The summed E-state index contributed by atoms with van der Waals surface area (Å²) in [5.41, 5.74) is 0. The molecule has 1 amide bonds. The summed E-state index contributed by atoms with van der Waals surface area (Å²) in [5, 5.41) is 2.73. The molecule has 0 spiro atoms. The number of hydrogen-bond acceptors (Lipinski definition) is 4. The van der Waals surface area contributed by atoms with Gasteiger partial charge in [0.05, 0.1) is 24.8 Å². The van der Waals surface area contributed by atoms with Crippen LogP contribution < -0.4 is 5.32 Å². The van der Waals surface area contributed by atoms with Crippen LogP contribution in [0.4, 0.5) is 0 Å². The average molecular weight is 250 g/mol. The van der Waals surface area contributed by atoms with Gasteiger partial charge in [0.1, 0.15) is 5.76 Å². The molecule has 3 rings (SSSR count). The van der Waals surface area contributed by atoms with E-state index in [1.807, 2.05) is 12.1 Å². The molecule has 5 heteroatoms. The molecule has 3 heterocycles. The molecule has 2 fully saturated rings. The molecule has 3 atom stereocenters. The monoisotopic (exact) mass is 250 g/mol. The molecule has 0 saturated carbocycles. The molecule has 0 radical (unpaired) electrons. The second-order valence-corrected chi connectivity index (χ2v) is 4.92. The van der Waals surface area contributed by atoms with E-state index >= 15 is 0 Å². The Bertz CT molecular complexity index is 418. The first kappa shape index (κ1) is 11.7. The SMILES string of the molecule is CNC(=O)[C@H]1CN(Cc2ccco2)[C@@H]2CCO[C@H]12. The van der Waals surface area contributed by atoms with Gasteiger partial charge in [-0.3, -0.25) is 9.69 Å². The Morgan fingerprint density at radius 3 is 3.22 bits per heavy atom. The average Bonchev–Trinajstić information content (AvgIpc) is 3.07. The van der Waals surface area contributed by atoms with Gasteiger partial charge >= 0.3 is 0 Å². The van der Waals surface area contributed by atoms with E-state index in [-0.39, 0.29) is 17.9 Å². The first-order valence-corrected chi connectivity index (χ1v) is 6.39. The summed E-state index contributed by atoms with van der Waals surface area (Å²) in [6.07, 6.45) is 2.73. The fourth-order valence-corrected chi connectivity index (χ4v) is 3.07. The molecule has 2 saturated heterocycles. The molecule has 18 heavy (non-hydrogen) atoms. The highest BCUT2D eigenvalue weighted by atomic mass is 16.5. The third-order valence-electron chi connectivity index (χ3n) is 3.92. The summed E-state index contributed by atoms with van der Waals surface area (Å²) in [7, 11) is 1.68. The Morgan fingerprint density at radius 1 is 1.61 bits per heavy atom. The lowest BCUT2D eigenvalue weighted by molar-refractivity contribution is -0.127. The molecule has 5 nitrogen and oxygen atoms in total. The minimum atomic E-state index is -0.0579. The quantitative estimate of drug-likeness (QED) is 0.854. The minimum absolute atomic E-state index is 0.0416. The summed E-state index contributed by atoms with van der Waals surface area (Å²) in [6, 6.07) is 4.21. The van der Waals surface area contributed by atoms with Crippen molar-refractivity contribution in [1.29, 1.82) is 0 Å². The number of amides is 1. The van der Waals surface area contributed by atoms with E-state index in [4.69, 9.17) is 9.15 Å². The van der Waals surface area contributed by atoms with Crippen molar-refractivity contribution in [3.8, 4) is 0 Å². The van der Waals surface area contributed by atoms with Gasteiger partial charge in [0, 0.05) is 26.2 Å². The Kier molecular flexibility index (Phi) is 3.09. The normalized spacial score (nSPS) is 31.5. The van der Waals surface area contributed by atoms with E-state index < -0.39 is 0 Å². The fraction of sp³-hybridized carbons (Fsp3) is 0.615. The third-order valence-corrected chi connectivity index (χ3v) is 3.92. The molecule has 0 bridgehead atoms. The first-order chi connectivity index (χ1) is 8.79. The first-order valence-electron chi connectivity index (χ1n) is 6.39. The highest BCUT2D eigenvalue weighted by Crippen LogP contribution is 2.34. The van der Waals surface area contributed by atoms with Crippen LogP contribution in [0.2, 0.25) is 0 Å². The number of carbonyl (C=O) groups is 1. The van der Waals surface area contributed by atoms with E-state index in [9.17, 15) is 4.79 Å². The molecular formula is C13H18N2O3. The highest BCUT2D eigenvalue weighted by molar-refractivity contribution is 5.79. The van der Waals surface area contributed by atoms with Crippen molar-refractivity contribution < 1.29 is 13.9 Å². The van der Waals surface area contributed by atoms with Gasteiger partial charge in [0.2, 0.25) is 5.91 Å². The Balaban J connectivity index is 1.74. The number of likely N-dealkylation sites (tertiary alicyclic amines) is 1. The van der Waals surface area contributed by atoms with E-state index in [1.165, 1.54) is 0 Å². The van der Waals surface area contributed by atoms with Crippen LogP contribution in [0.25, 0.3) is 0 Å². The second-order valence-electron chi connectivity index (χ2n) is 4.92. The summed E-state index contributed by atoms with van der Waals surface area (Å²) >= 11 is 0. The smallest absolute Gasteiger partial charge is 0.226 e. The predicted molar refractivity (Wildman–Crippen MR) is 64.8 cm³/mol. The summed E-state index contributed by atoms with van der Waals surface area (Å²) in [6.45, 7) is 2.25. The van der Waals surface area contributed by atoms with Crippen LogP contribution in [-0.2, 0) is 16.1 Å². The third kappa shape index (κ3) is 1.93. The number of nitrogens with zero attached hydrogens (tertiary/aromatic N) is 1. The van der Waals surface area contributed by atoms with Gasteiger partial charge < -0.3 is 14.5 Å². The fourth-order valence-electron chi connectivity index (χ4n) is 3.07. The summed E-state index contributed by atoms with van der Waals surface area (Å²) in [5.74, 6) is 0.963. The zero-order chi connectivity index (χ0) is 12.5. The topological polar surface area (TPSA) is 54.7 Å². The predicted octanol–water partition coefficient (Wildman–Crippen LogP) is 0.615. The van der Waals surface area contributed by atoms with Crippen molar-refractivity contribution in [3.63, 3.8) is 0 Å². The molecule has 2 aliphatic heterocycles. The van der Waals surface area contributed by atoms with Crippen LogP contribution in [0, 0.1) is 5.92 Å². The number of furan rings is 1. The van der Waals surface area contributed by atoms with Gasteiger partial charge in [-0.15, -0.1) is 0 Å². The molecule has 2 aliphatic rings. The van der Waals surface area contributed by atoms with Gasteiger partial charge in [-0.05, 0) is 18.6 Å². The Hall–Kier alpha value is -1.33. The molecule has 1 aromatic rings. The largest absolute Gasteiger partial charge is 0.468 e. The van der Waals surface area contributed by atoms with Crippen LogP contribution in [0.1, 0.15) is 12.2 Å². The lowest BCUT2D eigenvalue weighted by atomic mass is 10.0. The Morgan fingerprint density at radius 2 is 2.50 bits per heavy atom. The molecule has 0 unspecified atom stereocenters. The minimum Gasteiger partial charge on any atom is -0.468 e. The zero-order valence-electron chi connectivity index (χ0n) is 10.5. The molecule has 0 aliphatic carbocycles. The van der Waals surface area contributed by atoms with Crippen LogP contribution in [0.3, 0.4) is 0 Å². The van der Waals surface area contributed by atoms with Crippen molar-refractivity contribution >= 4 is 5.91 Å². The van der Waals surface area contributed by atoms with E-state index in [1.54, 1.807) is 13.3 Å². The van der Waals surface area contributed by atoms with Gasteiger partial charge in [-0.1, -0.05) is 0 Å². The Labute approximate surface area is 106 Å². The number of carbonyl (C=O) groups excluding carboxylic acids is 1. The van der Waals surface area contributed by atoms with Crippen molar-refractivity contribution in [2.75, 3.05) is 20.2 Å². The number of fused-ring (bicyclic) bond motifs is 1. The van der Waals surface area contributed by atoms with Crippen molar-refractivity contribution in [1.82, 2.24) is 10.2 Å². The lowest BCUT2D eigenvalue weighted by Crippen LogP contribution is -2.36. The van der Waals surface area contributed by atoms with Gasteiger partial charge in [-0.2, -0.15) is 0 Å². The standard InChI is InChI=1S/C13H18N2O3/c1-14-13(16)10-8-15(7-9-3-2-5-17-9)11-4-6-18-12(10)11/h2-3,5,10-12H,4,6-8H2,1H3,(H,14,16)/t10-,11+,12+/m0/s1. The van der Waals surface area contributed by atoms with Crippen LogP contribution in [0.5, 0.6) is 0 Å². The van der Waals surface area contributed by atoms with Crippen molar-refractivity contribution in [2.24, 2.45) is 5.92 Å². The highest BCUT2D eigenvalue weighted by Gasteiger charge is 2.48.